The van der Waals surface area contributed by atoms with Crippen molar-refractivity contribution in [1.82, 2.24) is 0 Å². The molecule has 0 fully saturated rings. The molecule has 4 atom stereocenters. The van der Waals surface area contributed by atoms with Gasteiger partial charge < -0.3 is 10.2 Å². The van der Waals surface area contributed by atoms with Crippen LogP contribution < -0.4 is 0 Å². The summed E-state index contributed by atoms with van der Waals surface area (Å²) in [6.07, 6.45) is 7.90. The molecule has 1 aliphatic heterocycles. The molecule has 3 aliphatic rings. The summed E-state index contributed by atoms with van der Waals surface area (Å²) in [5.41, 5.74) is 1.35. The smallest absolute Gasteiger partial charge is 0.312 e. The molecule has 1 heterocycles. The van der Waals surface area contributed by atoms with E-state index in [-0.39, 0.29) is 0 Å². The molecule has 0 amide bonds. The van der Waals surface area contributed by atoms with Crippen LogP contribution in [0.2, 0.25) is 0 Å². The highest BCUT2D eigenvalue weighted by Gasteiger charge is 2.40. The van der Waals surface area contributed by atoms with E-state index in [0.29, 0.717) is 24.3 Å². The van der Waals surface area contributed by atoms with Crippen LogP contribution in [-0.4, -0.2) is 45.7 Å². The highest BCUT2D eigenvalue weighted by Crippen LogP contribution is 2.30. The zero-order valence-corrected chi connectivity index (χ0v) is 10.6. The minimum atomic E-state index is -0.928. The van der Waals surface area contributed by atoms with Crippen molar-refractivity contribution >= 4 is 23.4 Å². The molecule has 6 heteroatoms. The highest BCUT2D eigenvalue weighted by molar-refractivity contribution is 6.06. The van der Waals surface area contributed by atoms with E-state index in [0.717, 1.165) is 0 Å². The Morgan fingerprint density at radius 1 is 0.900 bits per heavy atom. The maximum atomic E-state index is 11.3. The van der Waals surface area contributed by atoms with Gasteiger partial charge in [0.05, 0.1) is 0 Å². The lowest BCUT2D eigenvalue weighted by Gasteiger charge is -2.33. The second-order valence-corrected chi connectivity index (χ2v) is 5.12. The summed E-state index contributed by atoms with van der Waals surface area (Å²) in [6.45, 7) is 0. The monoisotopic (exact) mass is 274 g/mol. The first-order chi connectivity index (χ1) is 9.58. The molecule has 6 nitrogen and oxygen atoms in total. The van der Waals surface area contributed by atoms with Crippen LogP contribution in [0.1, 0.15) is 12.8 Å². The van der Waals surface area contributed by atoms with E-state index in [2.05, 4.69) is 9.98 Å². The van der Waals surface area contributed by atoms with Gasteiger partial charge in [-0.05, 0) is 0 Å². The van der Waals surface area contributed by atoms with Crippen molar-refractivity contribution in [2.75, 3.05) is 0 Å². The van der Waals surface area contributed by atoms with Gasteiger partial charge in [-0.15, -0.1) is 0 Å². The average molecular weight is 274 g/mol. The molecule has 0 unspecified atom stereocenters. The predicted molar refractivity (Wildman–Crippen MR) is 72.2 cm³/mol. The van der Waals surface area contributed by atoms with Crippen LogP contribution in [0.5, 0.6) is 0 Å². The van der Waals surface area contributed by atoms with Gasteiger partial charge >= 0.3 is 11.9 Å². The number of carbonyl (C=O) groups is 2. The third-order valence-electron chi connectivity index (χ3n) is 3.88. The molecule has 3 rings (SSSR count). The summed E-state index contributed by atoms with van der Waals surface area (Å²) in [5, 5.41) is 18.5. The third kappa shape index (κ3) is 1.97. The van der Waals surface area contributed by atoms with Crippen molar-refractivity contribution < 1.29 is 19.8 Å². The summed E-state index contributed by atoms with van der Waals surface area (Å²) >= 11 is 0. The maximum Gasteiger partial charge on any atom is 0.312 e. The average Bonchev–Trinajstić information content (AvgIpc) is 2.43. The molecule has 0 aromatic heterocycles. The molecule has 20 heavy (non-hydrogen) atoms. The first-order valence-electron chi connectivity index (χ1n) is 6.50. The van der Waals surface area contributed by atoms with Gasteiger partial charge in [-0.25, -0.2) is 0 Å². The first-order valence-corrected chi connectivity index (χ1v) is 6.50. The quantitative estimate of drug-likeness (QED) is 0.732. The maximum absolute atomic E-state index is 11.3. The van der Waals surface area contributed by atoms with Gasteiger partial charge in [-0.3, -0.25) is 19.6 Å². The van der Waals surface area contributed by atoms with E-state index in [4.69, 9.17) is 0 Å². The van der Waals surface area contributed by atoms with E-state index in [9.17, 15) is 19.8 Å². The number of hydrogen-bond donors (Lipinski definition) is 2. The van der Waals surface area contributed by atoms with Gasteiger partial charge in [0.2, 0.25) is 0 Å². The Hall–Kier alpha value is -2.24. The van der Waals surface area contributed by atoms with Crippen LogP contribution in [0.25, 0.3) is 0 Å². The van der Waals surface area contributed by atoms with Crippen molar-refractivity contribution in [2.45, 2.75) is 24.9 Å². The standard InChI is InChI=1S/C14H14N2O4/c17-13(18)7-3-1-5-9-11(7)16-10-6-2-4-8(14(19)20)12(10)15-9/h1-4,7-8,11-12H,5-6H2,(H,17,18)(H,19,20)/t7-,8-,11+,12+/m1/s1. The van der Waals surface area contributed by atoms with E-state index >= 15 is 0 Å². The van der Waals surface area contributed by atoms with Gasteiger partial charge in [-0.2, -0.15) is 0 Å². The molecule has 2 N–H and O–H groups in total. The number of carboxylic acid groups (broad SMARTS) is 2. The number of aliphatic carboxylic acids is 2. The number of fused-ring (bicyclic) bond motifs is 2. The van der Waals surface area contributed by atoms with E-state index in [1.54, 1.807) is 24.3 Å². The highest BCUT2D eigenvalue weighted by atomic mass is 16.4. The largest absolute Gasteiger partial charge is 0.481 e. The van der Waals surface area contributed by atoms with Gasteiger partial charge in [0.25, 0.3) is 0 Å². The van der Waals surface area contributed by atoms with Crippen LogP contribution in [0.15, 0.2) is 34.3 Å². The van der Waals surface area contributed by atoms with Crippen LogP contribution in [0, 0.1) is 11.8 Å². The Bertz CT molecular complexity index is 536. The molecule has 0 aromatic carbocycles. The summed E-state index contributed by atoms with van der Waals surface area (Å²) in [6, 6.07) is -0.964. The van der Waals surface area contributed by atoms with Crippen molar-refractivity contribution in [3.8, 4) is 0 Å². The van der Waals surface area contributed by atoms with E-state index in [1.165, 1.54) is 0 Å². The zero-order valence-electron chi connectivity index (χ0n) is 10.6. The lowest BCUT2D eigenvalue weighted by molar-refractivity contribution is -0.141. The topological polar surface area (TPSA) is 99.3 Å². The Balaban J connectivity index is 1.99. The molecular formula is C14H14N2O4. The van der Waals surface area contributed by atoms with Gasteiger partial charge in [0, 0.05) is 24.3 Å². The molecule has 0 saturated carbocycles. The Morgan fingerprint density at radius 2 is 1.30 bits per heavy atom. The van der Waals surface area contributed by atoms with E-state index in [1.807, 2.05) is 0 Å². The van der Waals surface area contributed by atoms with E-state index < -0.39 is 35.9 Å². The lowest BCUT2D eigenvalue weighted by Crippen LogP contribution is -2.45. The molecule has 0 saturated heterocycles. The molecule has 2 aliphatic carbocycles. The summed E-state index contributed by atoms with van der Waals surface area (Å²) in [5.74, 6) is -3.26. The zero-order chi connectivity index (χ0) is 14.3. The molecular weight excluding hydrogens is 260 g/mol. The molecule has 0 radical (unpaired) electrons. The molecule has 104 valence electrons. The van der Waals surface area contributed by atoms with Crippen LogP contribution in [0.3, 0.4) is 0 Å². The Kier molecular flexibility index (Phi) is 3.00. The van der Waals surface area contributed by atoms with Crippen LogP contribution >= 0.6 is 0 Å². The summed E-state index contributed by atoms with van der Waals surface area (Å²) in [7, 11) is 0. The lowest BCUT2D eigenvalue weighted by atomic mass is 9.82. The second kappa shape index (κ2) is 4.70. The molecule has 0 spiro atoms. The van der Waals surface area contributed by atoms with Gasteiger partial charge in [0.15, 0.2) is 0 Å². The summed E-state index contributed by atoms with van der Waals surface area (Å²) < 4.78 is 0. The fraction of sp³-hybridized carbons (Fsp3) is 0.429. The van der Waals surface area contributed by atoms with Crippen molar-refractivity contribution in [3.63, 3.8) is 0 Å². The number of carboxylic acids is 2. The molecule has 0 bridgehead atoms. The Morgan fingerprint density at radius 3 is 1.65 bits per heavy atom. The number of aliphatic imine (C=N–C) groups is 2. The molecule has 0 aromatic rings. The number of nitrogens with zero attached hydrogens (tertiary/aromatic N) is 2. The second-order valence-electron chi connectivity index (χ2n) is 5.12. The predicted octanol–water partition coefficient (Wildman–Crippen LogP) is 0.941. The third-order valence-corrected chi connectivity index (χ3v) is 3.88. The first kappa shape index (κ1) is 12.8. The SMILES string of the molecule is O=C(O)[C@@H]1C=CCC2=N[C@@H]3C(=N[C@H]21)CC=C[C@H]3C(=O)O. The number of rotatable bonds is 2. The fourth-order valence-electron chi connectivity index (χ4n) is 2.90. The normalized spacial score (nSPS) is 34.6. The fourth-order valence-corrected chi connectivity index (χ4v) is 2.90. The van der Waals surface area contributed by atoms with Crippen molar-refractivity contribution in [1.29, 1.82) is 0 Å². The van der Waals surface area contributed by atoms with Gasteiger partial charge in [-0.1, -0.05) is 24.3 Å². The number of hydrogen-bond acceptors (Lipinski definition) is 4. The van der Waals surface area contributed by atoms with Crippen LogP contribution in [0.4, 0.5) is 0 Å². The van der Waals surface area contributed by atoms with Gasteiger partial charge in [0.1, 0.15) is 23.9 Å². The summed E-state index contributed by atoms with van der Waals surface area (Å²) in [4.78, 5) is 31.5. The van der Waals surface area contributed by atoms with Crippen molar-refractivity contribution in [3.05, 3.63) is 24.3 Å². The minimum Gasteiger partial charge on any atom is -0.481 e. The van der Waals surface area contributed by atoms with Crippen molar-refractivity contribution in [2.24, 2.45) is 21.8 Å². The minimum absolute atomic E-state index is 0.482. The Labute approximate surface area is 115 Å². The number of allylic oxidation sites excluding steroid dienone is 2. The van der Waals surface area contributed by atoms with Crippen LogP contribution in [-0.2, 0) is 9.59 Å².